The molecule has 0 aliphatic heterocycles. The summed E-state index contributed by atoms with van der Waals surface area (Å²) in [5, 5.41) is 1.56. The predicted octanol–water partition coefficient (Wildman–Crippen LogP) is 1.11. The van der Waals surface area contributed by atoms with Gasteiger partial charge in [0.25, 0.3) is 0 Å². The van der Waals surface area contributed by atoms with Crippen molar-refractivity contribution in [3.8, 4) is 0 Å². The highest BCUT2D eigenvalue weighted by Gasteiger charge is 2.07. The fourth-order valence-corrected chi connectivity index (χ4v) is 0.755. The molecule has 0 aromatic carbocycles. The standard InChI is InChI=1S/C9H17N3/c1-5-8(10)9(6-2)12(11)7(3)4/h5-7H,1-2,10-11H2,3-4H3/b9-8-. The molecule has 68 valence electrons. The van der Waals surface area contributed by atoms with Crippen LogP contribution < -0.4 is 11.6 Å². The summed E-state index contributed by atoms with van der Waals surface area (Å²) in [5.74, 6) is 5.72. The third-order valence-corrected chi connectivity index (χ3v) is 1.54. The van der Waals surface area contributed by atoms with E-state index in [-0.39, 0.29) is 6.04 Å². The van der Waals surface area contributed by atoms with Crippen LogP contribution in [0.5, 0.6) is 0 Å². The van der Waals surface area contributed by atoms with Crippen LogP contribution >= 0.6 is 0 Å². The summed E-state index contributed by atoms with van der Waals surface area (Å²) >= 11 is 0. The Hall–Kier alpha value is -1.22. The topological polar surface area (TPSA) is 55.3 Å². The van der Waals surface area contributed by atoms with Crippen molar-refractivity contribution in [1.29, 1.82) is 0 Å². The van der Waals surface area contributed by atoms with Gasteiger partial charge in [-0.3, -0.25) is 0 Å². The van der Waals surface area contributed by atoms with E-state index in [9.17, 15) is 0 Å². The van der Waals surface area contributed by atoms with Crippen LogP contribution in [0.15, 0.2) is 36.7 Å². The number of hydrogen-bond donors (Lipinski definition) is 2. The van der Waals surface area contributed by atoms with Crippen LogP contribution in [-0.4, -0.2) is 11.1 Å². The SMILES string of the molecule is C=C/C(N)=C(\C=C)N(N)C(C)C. The Kier molecular flexibility index (Phi) is 4.15. The van der Waals surface area contributed by atoms with Gasteiger partial charge in [-0.15, -0.1) is 0 Å². The Morgan fingerprint density at radius 3 is 2.08 bits per heavy atom. The molecule has 0 atom stereocenters. The first-order chi connectivity index (χ1) is 5.54. The molecule has 12 heavy (non-hydrogen) atoms. The molecule has 0 amide bonds. The van der Waals surface area contributed by atoms with Gasteiger partial charge in [0.05, 0.1) is 11.4 Å². The highest BCUT2D eigenvalue weighted by atomic mass is 15.4. The van der Waals surface area contributed by atoms with Crippen molar-refractivity contribution in [2.75, 3.05) is 0 Å². The summed E-state index contributed by atoms with van der Waals surface area (Å²) in [7, 11) is 0. The highest BCUT2D eigenvalue weighted by Crippen LogP contribution is 2.07. The summed E-state index contributed by atoms with van der Waals surface area (Å²) in [6.45, 7) is 11.1. The Bertz CT molecular complexity index is 204. The second-order valence-electron chi connectivity index (χ2n) is 2.75. The lowest BCUT2D eigenvalue weighted by molar-refractivity contribution is 0.301. The zero-order chi connectivity index (χ0) is 9.72. The summed E-state index contributed by atoms with van der Waals surface area (Å²) in [6.07, 6.45) is 3.18. The van der Waals surface area contributed by atoms with Crippen molar-refractivity contribution >= 4 is 0 Å². The molecule has 3 heteroatoms. The van der Waals surface area contributed by atoms with Crippen molar-refractivity contribution in [2.45, 2.75) is 19.9 Å². The van der Waals surface area contributed by atoms with Crippen molar-refractivity contribution in [3.63, 3.8) is 0 Å². The Morgan fingerprint density at radius 2 is 1.83 bits per heavy atom. The minimum atomic E-state index is 0.191. The molecule has 0 aromatic rings. The highest BCUT2D eigenvalue weighted by molar-refractivity contribution is 5.27. The van der Waals surface area contributed by atoms with E-state index in [1.165, 1.54) is 0 Å². The molecule has 0 spiro atoms. The first-order valence-corrected chi connectivity index (χ1v) is 3.83. The van der Waals surface area contributed by atoms with E-state index in [2.05, 4.69) is 13.2 Å². The maximum absolute atomic E-state index is 5.72. The van der Waals surface area contributed by atoms with Gasteiger partial charge >= 0.3 is 0 Å². The molecular weight excluding hydrogens is 150 g/mol. The van der Waals surface area contributed by atoms with Gasteiger partial charge < -0.3 is 10.7 Å². The van der Waals surface area contributed by atoms with Gasteiger partial charge in [0.15, 0.2) is 0 Å². The molecule has 0 saturated heterocycles. The monoisotopic (exact) mass is 167 g/mol. The van der Waals surface area contributed by atoms with Crippen LogP contribution in [0.25, 0.3) is 0 Å². The molecule has 3 nitrogen and oxygen atoms in total. The molecular formula is C9H17N3. The van der Waals surface area contributed by atoms with Crippen LogP contribution in [-0.2, 0) is 0 Å². The summed E-state index contributed by atoms with van der Waals surface area (Å²) < 4.78 is 0. The third-order valence-electron chi connectivity index (χ3n) is 1.54. The number of nitrogens with zero attached hydrogens (tertiary/aromatic N) is 1. The quantitative estimate of drug-likeness (QED) is 0.374. The zero-order valence-electron chi connectivity index (χ0n) is 7.75. The van der Waals surface area contributed by atoms with E-state index in [0.29, 0.717) is 11.4 Å². The molecule has 0 aromatic heterocycles. The van der Waals surface area contributed by atoms with Crippen LogP contribution in [0.1, 0.15) is 13.8 Å². The van der Waals surface area contributed by atoms with Crippen molar-refractivity contribution < 1.29 is 0 Å². The molecule has 0 aliphatic carbocycles. The van der Waals surface area contributed by atoms with Gasteiger partial charge in [0.2, 0.25) is 0 Å². The molecule has 0 rings (SSSR count). The first-order valence-electron chi connectivity index (χ1n) is 3.83. The summed E-state index contributed by atoms with van der Waals surface area (Å²) in [6, 6.07) is 0.191. The van der Waals surface area contributed by atoms with E-state index in [1.54, 1.807) is 17.2 Å². The molecule has 0 bridgehead atoms. The minimum Gasteiger partial charge on any atom is -0.397 e. The fourth-order valence-electron chi connectivity index (χ4n) is 0.755. The second-order valence-corrected chi connectivity index (χ2v) is 2.75. The van der Waals surface area contributed by atoms with Gasteiger partial charge in [0.1, 0.15) is 0 Å². The number of rotatable bonds is 4. The first kappa shape index (κ1) is 10.8. The number of nitrogens with two attached hydrogens (primary N) is 2. The number of hydrogen-bond acceptors (Lipinski definition) is 3. The zero-order valence-corrected chi connectivity index (χ0v) is 7.75. The van der Waals surface area contributed by atoms with Crippen molar-refractivity contribution in [3.05, 3.63) is 36.7 Å². The number of hydrazine groups is 1. The Morgan fingerprint density at radius 1 is 1.33 bits per heavy atom. The van der Waals surface area contributed by atoms with Crippen molar-refractivity contribution in [2.24, 2.45) is 11.6 Å². The van der Waals surface area contributed by atoms with Gasteiger partial charge in [0, 0.05) is 6.04 Å². The average molecular weight is 167 g/mol. The maximum atomic E-state index is 5.72. The lowest BCUT2D eigenvalue weighted by Gasteiger charge is -2.24. The lowest BCUT2D eigenvalue weighted by atomic mass is 10.2. The van der Waals surface area contributed by atoms with Crippen LogP contribution in [0, 0.1) is 0 Å². The fraction of sp³-hybridized carbons (Fsp3) is 0.333. The van der Waals surface area contributed by atoms with Crippen LogP contribution in [0.2, 0.25) is 0 Å². The maximum Gasteiger partial charge on any atom is 0.0743 e. The molecule has 0 unspecified atom stereocenters. The van der Waals surface area contributed by atoms with Gasteiger partial charge in [-0.2, -0.15) is 0 Å². The molecule has 4 N–H and O–H groups in total. The van der Waals surface area contributed by atoms with E-state index in [4.69, 9.17) is 11.6 Å². The summed E-state index contributed by atoms with van der Waals surface area (Å²) in [4.78, 5) is 0. The van der Waals surface area contributed by atoms with Crippen molar-refractivity contribution in [1.82, 2.24) is 5.01 Å². The van der Waals surface area contributed by atoms with E-state index >= 15 is 0 Å². The number of allylic oxidation sites excluding steroid dienone is 2. The average Bonchev–Trinajstić information content (AvgIpc) is 2.05. The molecule has 0 heterocycles. The minimum absolute atomic E-state index is 0.191. The molecule has 0 saturated carbocycles. The lowest BCUT2D eigenvalue weighted by Crippen LogP contribution is -2.37. The van der Waals surface area contributed by atoms with Crippen LogP contribution in [0.4, 0.5) is 0 Å². The van der Waals surface area contributed by atoms with Gasteiger partial charge in [-0.1, -0.05) is 13.2 Å². The van der Waals surface area contributed by atoms with E-state index in [1.807, 2.05) is 13.8 Å². The molecule has 0 radical (unpaired) electrons. The van der Waals surface area contributed by atoms with E-state index < -0.39 is 0 Å². The van der Waals surface area contributed by atoms with Gasteiger partial charge in [-0.05, 0) is 26.0 Å². The largest absolute Gasteiger partial charge is 0.397 e. The second kappa shape index (κ2) is 4.62. The Balaban J connectivity index is 4.78. The van der Waals surface area contributed by atoms with Crippen LogP contribution in [0.3, 0.4) is 0 Å². The smallest absolute Gasteiger partial charge is 0.0743 e. The Labute approximate surface area is 74.0 Å². The third kappa shape index (κ3) is 2.43. The summed E-state index contributed by atoms with van der Waals surface area (Å²) in [5.41, 5.74) is 6.89. The van der Waals surface area contributed by atoms with E-state index in [0.717, 1.165) is 0 Å². The van der Waals surface area contributed by atoms with Gasteiger partial charge in [-0.25, -0.2) is 5.84 Å². The molecule has 0 fully saturated rings. The normalized spacial score (nSPS) is 12.3. The predicted molar refractivity (Wildman–Crippen MR) is 52.8 cm³/mol. The molecule has 0 aliphatic rings.